The van der Waals surface area contributed by atoms with Crippen molar-refractivity contribution in [1.29, 1.82) is 0 Å². The van der Waals surface area contributed by atoms with E-state index in [1.54, 1.807) is 0 Å². The molecule has 2 rings (SSSR count). The van der Waals surface area contributed by atoms with Crippen LogP contribution in [0.25, 0.3) is 0 Å². The first-order valence-corrected chi connectivity index (χ1v) is 8.14. The van der Waals surface area contributed by atoms with Crippen LogP contribution in [0.15, 0.2) is 0 Å². The molecular formula is C14H25N2P. The lowest BCUT2D eigenvalue weighted by Crippen LogP contribution is -2.02. The first-order chi connectivity index (χ1) is 8.38. The summed E-state index contributed by atoms with van der Waals surface area (Å²) in [5, 5.41) is 0. The molecule has 0 bridgehead atoms. The van der Waals surface area contributed by atoms with E-state index in [1.807, 2.05) is 0 Å². The molecule has 96 valence electrons. The van der Waals surface area contributed by atoms with E-state index in [4.69, 9.17) is 0 Å². The Kier molecular flexibility index (Phi) is 5.51. The third-order valence-electron chi connectivity index (χ3n) is 4.00. The maximum Gasteiger partial charge on any atom is 0.0706 e. The second-order valence-electron chi connectivity index (χ2n) is 5.40. The summed E-state index contributed by atoms with van der Waals surface area (Å²) in [4.78, 5) is 0. The molecule has 1 aliphatic rings. The SMILES string of the molecule is Cc1n[pH]nc1C1CCCCCCCCCC1. The molecule has 0 aromatic carbocycles. The third kappa shape index (κ3) is 4.10. The number of nitrogens with zero attached hydrogens (tertiary/aromatic N) is 2. The van der Waals surface area contributed by atoms with E-state index >= 15 is 0 Å². The van der Waals surface area contributed by atoms with Gasteiger partial charge in [-0.25, -0.2) is 9.49 Å². The van der Waals surface area contributed by atoms with Crippen LogP contribution in [0, 0.1) is 6.92 Å². The Labute approximate surface area is 107 Å². The van der Waals surface area contributed by atoms with Gasteiger partial charge in [-0.1, -0.05) is 51.4 Å². The second-order valence-corrected chi connectivity index (χ2v) is 6.04. The molecule has 1 aromatic heterocycles. The van der Waals surface area contributed by atoms with Gasteiger partial charge >= 0.3 is 0 Å². The number of rotatable bonds is 1. The Morgan fingerprint density at radius 2 is 1.35 bits per heavy atom. The Morgan fingerprint density at radius 1 is 0.824 bits per heavy atom. The average Bonchev–Trinajstić information content (AvgIpc) is 2.72. The van der Waals surface area contributed by atoms with Crippen LogP contribution < -0.4 is 0 Å². The van der Waals surface area contributed by atoms with Gasteiger partial charge in [0.05, 0.1) is 19.9 Å². The molecule has 0 aliphatic heterocycles. The summed E-state index contributed by atoms with van der Waals surface area (Å²) in [6.45, 7) is 2.14. The minimum absolute atomic E-state index is 0.461. The van der Waals surface area contributed by atoms with Crippen LogP contribution in [-0.2, 0) is 0 Å². The van der Waals surface area contributed by atoms with E-state index in [-0.39, 0.29) is 0 Å². The molecule has 1 heterocycles. The zero-order chi connectivity index (χ0) is 11.9. The highest BCUT2D eigenvalue weighted by molar-refractivity contribution is 7.20. The molecule has 1 aliphatic carbocycles. The zero-order valence-corrected chi connectivity index (χ0v) is 12.0. The van der Waals surface area contributed by atoms with Crippen molar-refractivity contribution in [3.05, 3.63) is 11.4 Å². The van der Waals surface area contributed by atoms with Gasteiger partial charge in [0.15, 0.2) is 0 Å². The molecule has 1 fully saturated rings. The van der Waals surface area contributed by atoms with Crippen molar-refractivity contribution < 1.29 is 0 Å². The van der Waals surface area contributed by atoms with Crippen LogP contribution in [-0.4, -0.2) is 9.49 Å². The van der Waals surface area contributed by atoms with Crippen LogP contribution in [0.4, 0.5) is 0 Å². The molecular weight excluding hydrogens is 227 g/mol. The molecule has 0 N–H and O–H groups in total. The quantitative estimate of drug-likeness (QED) is 0.716. The molecule has 1 aromatic rings. The lowest BCUT2D eigenvalue weighted by molar-refractivity contribution is 0.505. The molecule has 0 spiro atoms. The van der Waals surface area contributed by atoms with Crippen molar-refractivity contribution in [3.8, 4) is 0 Å². The number of hydrogen-bond acceptors (Lipinski definition) is 2. The Balaban J connectivity index is 1.95. The number of aryl methyl sites for hydroxylation is 1. The second kappa shape index (κ2) is 7.16. The molecule has 0 saturated heterocycles. The summed E-state index contributed by atoms with van der Waals surface area (Å²) < 4.78 is 9.08. The Morgan fingerprint density at radius 3 is 1.82 bits per heavy atom. The van der Waals surface area contributed by atoms with Crippen LogP contribution in [0.5, 0.6) is 0 Å². The highest BCUT2D eigenvalue weighted by atomic mass is 31.1. The van der Waals surface area contributed by atoms with E-state index in [9.17, 15) is 0 Å². The molecule has 17 heavy (non-hydrogen) atoms. The van der Waals surface area contributed by atoms with Gasteiger partial charge in [-0.05, 0) is 19.8 Å². The number of aromatic nitrogens is 2. The predicted octanol–water partition coefficient (Wildman–Crippen LogP) is 4.81. The summed E-state index contributed by atoms with van der Waals surface area (Å²) in [7, 11) is 0.461. The van der Waals surface area contributed by atoms with Gasteiger partial charge in [0.25, 0.3) is 0 Å². The largest absolute Gasteiger partial charge is 0.225 e. The first kappa shape index (κ1) is 13.1. The fourth-order valence-electron chi connectivity index (χ4n) is 2.94. The maximum absolute atomic E-state index is 4.63. The van der Waals surface area contributed by atoms with E-state index < -0.39 is 0 Å². The van der Waals surface area contributed by atoms with Crippen LogP contribution >= 0.6 is 8.51 Å². The molecule has 3 heteroatoms. The zero-order valence-electron chi connectivity index (χ0n) is 11.0. The summed E-state index contributed by atoms with van der Waals surface area (Å²) in [5.41, 5.74) is 2.57. The highest BCUT2D eigenvalue weighted by Gasteiger charge is 2.16. The van der Waals surface area contributed by atoms with Gasteiger partial charge in [-0.2, -0.15) is 0 Å². The van der Waals surface area contributed by atoms with Crippen molar-refractivity contribution in [2.45, 2.75) is 77.0 Å². The van der Waals surface area contributed by atoms with Crippen molar-refractivity contribution >= 4 is 8.51 Å². The summed E-state index contributed by atoms with van der Waals surface area (Å²) in [6, 6.07) is 0. The maximum atomic E-state index is 4.63. The smallest absolute Gasteiger partial charge is 0.0706 e. The van der Waals surface area contributed by atoms with Gasteiger partial charge in [0, 0.05) is 5.92 Å². The fraction of sp³-hybridized carbons (Fsp3) is 0.857. The molecule has 1 unspecified atom stereocenters. The topological polar surface area (TPSA) is 25.8 Å². The van der Waals surface area contributed by atoms with E-state index in [1.165, 1.54) is 75.6 Å². The summed E-state index contributed by atoms with van der Waals surface area (Å²) in [6.07, 6.45) is 14.1. The fourth-order valence-corrected chi connectivity index (χ4v) is 3.71. The van der Waals surface area contributed by atoms with E-state index in [0.29, 0.717) is 14.4 Å². The normalized spacial score (nSPS) is 21.5. The van der Waals surface area contributed by atoms with Gasteiger partial charge in [-0.15, -0.1) is 0 Å². The van der Waals surface area contributed by atoms with E-state index in [0.717, 1.165) is 0 Å². The van der Waals surface area contributed by atoms with Gasteiger partial charge in [0.1, 0.15) is 0 Å². The minimum Gasteiger partial charge on any atom is -0.225 e. The monoisotopic (exact) mass is 252 g/mol. The van der Waals surface area contributed by atoms with Crippen LogP contribution in [0.3, 0.4) is 0 Å². The molecule has 1 saturated carbocycles. The van der Waals surface area contributed by atoms with Crippen LogP contribution in [0.2, 0.25) is 0 Å². The van der Waals surface area contributed by atoms with Gasteiger partial charge < -0.3 is 0 Å². The molecule has 2 nitrogen and oxygen atoms in total. The molecule has 1 atom stereocenters. The van der Waals surface area contributed by atoms with E-state index in [2.05, 4.69) is 16.4 Å². The Bertz CT molecular complexity index is 310. The van der Waals surface area contributed by atoms with Crippen molar-refractivity contribution in [2.75, 3.05) is 0 Å². The Hall–Kier alpha value is -0.360. The van der Waals surface area contributed by atoms with Gasteiger partial charge in [-0.3, -0.25) is 0 Å². The molecule has 0 radical (unpaired) electrons. The third-order valence-corrected chi connectivity index (χ3v) is 4.78. The average molecular weight is 252 g/mol. The number of hydrogen-bond donors (Lipinski definition) is 0. The minimum atomic E-state index is 0.461. The van der Waals surface area contributed by atoms with Crippen molar-refractivity contribution in [3.63, 3.8) is 0 Å². The predicted molar refractivity (Wildman–Crippen MR) is 75.2 cm³/mol. The van der Waals surface area contributed by atoms with Gasteiger partial charge in [0.2, 0.25) is 0 Å². The van der Waals surface area contributed by atoms with Crippen molar-refractivity contribution in [1.82, 2.24) is 9.49 Å². The lowest BCUT2D eigenvalue weighted by atomic mass is 9.91. The van der Waals surface area contributed by atoms with Crippen LogP contribution in [0.1, 0.15) is 81.5 Å². The highest BCUT2D eigenvalue weighted by Crippen LogP contribution is 2.30. The summed E-state index contributed by atoms with van der Waals surface area (Å²) in [5.74, 6) is 0.715. The lowest BCUT2D eigenvalue weighted by Gasteiger charge is -2.14. The summed E-state index contributed by atoms with van der Waals surface area (Å²) >= 11 is 0. The molecule has 0 amide bonds. The van der Waals surface area contributed by atoms with Crippen molar-refractivity contribution in [2.24, 2.45) is 0 Å². The standard InChI is InChI=1S/C14H25N2P/c1-12-14(16-17-15-12)13-10-8-6-4-2-3-5-7-9-11-13/h13,17H,2-11H2,1H3. The first-order valence-electron chi connectivity index (χ1n) is 7.25.